The summed E-state index contributed by atoms with van der Waals surface area (Å²) in [5, 5.41) is 3.02. The number of carbonyl (C=O) groups excluding carboxylic acids is 2. The molecule has 2 amide bonds. The average Bonchev–Trinajstić information content (AvgIpc) is 2.76. The van der Waals surface area contributed by atoms with Gasteiger partial charge in [-0.05, 0) is 37.1 Å². The average molecular weight is 409 g/mol. The topological polar surface area (TPSA) is 71.1 Å². The van der Waals surface area contributed by atoms with Crippen molar-refractivity contribution in [3.8, 4) is 11.5 Å². The number of aryl methyl sites for hydroxylation is 2. The molecule has 0 aliphatic carbocycles. The molecule has 4 rings (SSSR count). The molecule has 2 heterocycles. The molecule has 0 saturated carbocycles. The summed E-state index contributed by atoms with van der Waals surface area (Å²) in [5.41, 5.74) is 2.98. The van der Waals surface area contributed by atoms with Crippen LogP contribution in [0.1, 0.15) is 11.1 Å². The zero-order chi connectivity index (χ0) is 21.1. The van der Waals surface area contributed by atoms with Crippen LogP contribution in [0, 0.1) is 13.8 Å². The van der Waals surface area contributed by atoms with Crippen molar-refractivity contribution >= 4 is 17.5 Å². The second kappa shape index (κ2) is 8.75. The molecule has 2 aromatic rings. The lowest BCUT2D eigenvalue weighted by Gasteiger charge is -2.36. The van der Waals surface area contributed by atoms with E-state index < -0.39 is 6.10 Å². The lowest BCUT2D eigenvalue weighted by atomic mass is 10.1. The lowest BCUT2D eigenvalue weighted by molar-refractivity contribution is -0.143. The fraction of sp³-hybridized carbons (Fsp3) is 0.391. The molecule has 7 nitrogen and oxygen atoms in total. The van der Waals surface area contributed by atoms with Gasteiger partial charge in [-0.3, -0.25) is 14.5 Å². The van der Waals surface area contributed by atoms with Crippen LogP contribution >= 0.6 is 0 Å². The Labute approximate surface area is 176 Å². The van der Waals surface area contributed by atoms with E-state index in [0.29, 0.717) is 44.2 Å². The number of piperazine rings is 1. The number of para-hydroxylation sites is 3. The SMILES string of the molecule is Cc1cccc(C)c1NC(=O)CN1CCN(C(=O)C2COc3ccccc3O2)CC1. The normalized spacial score (nSPS) is 18.7. The highest BCUT2D eigenvalue weighted by Gasteiger charge is 2.32. The maximum atomic E-state index is 12.8. The number of carbonyl (C=O) groups is 2. The number of amides is 2. The van der Waals surface area contributed by atoms with Gasteiger partial charge in [0.1, 0.15) is 6.61 Å². The minimum atomic E-state index is -0.626. The number of benzene rings is 2. The molecule has 0 bridgehead atoms. The first-order valence-electron chi connectivity index (χ1n) is 10.3. The second-order valence-corrected chi connectivity index (χ2v) is 7.78. The number of fused-ring (bicyclic) bond motifs is 1. The minimum absolute atomic E-state index is 0.0344. The van der Waals surface area contributed by atoms with Gasteiger partial charge in [0.25, 0.3) is 5.91 Å². The smallest absolute Gasteiger partial charge is 0.267 e. The minimum Gasteiger partial charge on any atom is -0.485 e. The van der Waals surface area contributed by atoms with Crippen molar-refractivity contribution in [1.82, 2.24) is 9.80 Å². The fourth-order valence-electron chi connectivity index (χ4n) is 3.86. The van der Waals surface area contributed by atoms with Crippen molar-refractivity contribution in [2.24, 2.45) is 0 Å². The van der Waals surface area contributed by atoms with Gasteiger partial charge in [0.15, 0.2) is 11.5 Å². The van der Waals surface area contributed by atoms with Crippen molar-refractivity contribution in [2.75, 3.05) is 44.6 Å². The van der Waals surface area contributed by atoms with E-state index in [9.17, 15) is 9.59 Å². The predicted octanol–water partition coefficient (Wildman–Crippen LogP) is 2.23. The van der Waals surface area contributed by atoms with Crippen LogP contribution in [0.5, 0.6) is 11.5 Å². The van der Waals surface area contributed by atoms with E-state index >= 15 is 0 Å². The third-order valence-corrected chi connectivity index (χ3v) is 5.58. The van der Waals surface area contributed by atoms with Crippen LogP contribution in [-0.4, -0.2) is 67.0 Å². The Morgan fingerprint density at radius 3 is 2.33 bits per heavy atom. The fourth-order valence-corrected chi connectivity index (χ4v) is 3.86. The van der Waals surface area contributed by atoms with Gasteiger partial charge in [0.05, 0.1) is 6.54 Å². The first kappa shape index (κ1) is 20.2. The first-order valence-corrected chi connectivity index (χ1v) is 10.3. The Kier molecular flexibility index (Phi) is 5.90. The summed E-state index contributed by atoms with van der Waals surface area (Å²) < 4.78 is 11.5. The summed E-state index contributed by atoms with van der Waals surface area (Å²) in [6, 6.07) is 13.3. The highest BCUT2D eigenvalue weighted by atomic mass is 16.6. The van der Waals surface area contributed by atoms with Crippen molar-refractivity contribution in [3.63, 3.8) is 0 Å². The van der Waals surface area contributed by atoms with Crippen LogP contribution in [0.15, 0.2) is 42.5 Å². The molecule has 2 aliphatic rings. The molecule has 0 spiro atoms. The van der Waals surface area contributed by atoms with E-state index in [2.05, 4.69) is 10.2 Å². The van der Waals surface area contributed by atoms with Gasteiger partial charge in [-0.2, -0.15) is 0 Å². The van der Waals surface area contributed by atoms with Crippen LogP contribution in [0.4, 0.5) is 5.69 Å². The van der Waals surface area contributed by atoms with Crippen molar-refractivity contribution in [2.45, 2.75) is 20.0 Å². The van der Waals surface area contributed by atoms with Gasteiger partial charge >= 0.3 is 0 Å². The van der Waals surface area contributed by atoms with Crippen LogP contribution in [0.3, 0.4) is 0 Å². The van der Waals surface area contributed by atoms with Crippen LogP contribution in [0.2, 0.25) is 0 Å². The Morgan fingerprint density at radius 1 is 0.967 bits per heavy atom. The first-order chi connectivity index (χ1) is 14.5. The molecule has 0 radical (unpaired) electrons. The summed E-state index contributed by atoms with van der Waals surface area (Å²) in [6.07, 6.45) is -0.626. The third-order valence-electron chi connectivity index (χ3n) is 5.58. The predicted molar refractivity (Wildman–Crippen MR) is 114 cm³/mol. The summed E-state index contributed by atoms with van der Waals surface area (Å²) in [6.45, 7) is 6.94. The Bertz CT molecular complexity index is 918. The number of hydrogen-bond acceptors (Lipinski definition) is 5. The maximum Gasteiger partial charge on any atom is 0.267 e. The van der Waals surface area contributed by atoms with E-state index in [0.717, 1.165) is 16.8 Å². The van der Waals surface area contributed by atoms with Crippen LogP contribution in [-0.2, 0) is 9.59 Å². The summed E-state index contributed by atoms with van der Waals surface area (Å²) >= 11 is 0. The number of nitrogens with zero attached hydrogens (tertiary/aromatic N) is 2. The number of nitrogens with one attached hydrogen (secondary N) is 1. The van der Waals surface area contributed by atoms with Crippen molar-refractivity contribution in [1.29, 1.82) is 0 Å². The molecule has 1 unspecified atom stereocenters. The molecule has 1 N–H and O–H groups in total. The van der Waals surface area contributed by atoms with Gasteiger partial charge in [-0.25, -0.2) is 0 Å². The molecule has 1 fully saturated rings. The third kappa shape index (κ3) is 4.41. The van der Waals surface area contributed by atoms with E-state index in [4.69, 9.17) is 9.47 Å². The van der Waals surface area contributed by atoms with Crippen molar-refractivity contribution < 1.29 is 19.1 Å². The van der Waals surface area contributed by atoms with E-state index in [-0.39, 0.29) is 18.4 Å². The highest BCUT2D eigenvalue weighted by molar-refractivity contribution is 5.93. The summed E-state index contributed by atoms with van der Waals surface area (Å²) in [5.74, 6) is 1.17. The number of anilines is 1. The van der Waals surface area contributed by atoms with E-state index in [1.165, 1.54) is 0 Å². The van der Waals surface area contributed by atoms with Crippen LogP contribution in [0.25, 0.3) is 0 Å². The molecule has 0 aromatic heterocycles. The lowest BCUT2D eigenvalue weighted by Crippen LogP contribution is -2.54. The molecular weight excluding hydrogens is 382 g/mol. The zero-order valence-electron chi connectivity index (χ0n) is 17.4. The van der Waals surface area contributed by atoms with Crippen molar-refractivity contribution in [3.05, 3.63) is 53.6 Å². The van der Waals surface area contributed by atoms with Gasteiger partial charge in [-0.1, -0.05) is 30.3 Å². The molecule has 1 atom stereocenters. The summed E-state index contributed by atoms with van der Waals surface area (Å²) in [4.78, 5) is 29.2. The maximum absolute atomic E-state index is 12.8. The molecule has 1 saturated heterocycles. The molecule has 7 heteroatoms. The van der Waals surface area contributed by atoms with Gasteiger partial charge < -0.3 is 19.7 Å². The van der Waals surface area contributed by atoms with Gasteiger partial charge in [0, 0.05) is 31.9 Å². The Balaban J connectivity index is 1.27. The second-order valence-electron chi connectivity index (χ2n) is 7.78. The Hall–Kier alpha value is -3.06. The molecule has 30 heavy (non-hydrogen) atoms. The largest absolute Gasteiger partial charge is 0.485 e. The number of ether oxygens (including phenoxy) is 2. The van der Waals surface area contributed by atoms with Gasteiger partial charge in [0.2, 0.25) is 12.0 Å². The number of rotatable bonds is 4. The van der Waals surface area contributed by atoms with Crippen LogP contribution < -0.4 is 14.8 Å². The standard InChI is InChI=1S/C23H27N3O4/c1-16-6-5-7-17(2)22(16)24-21(27)14-25-10-12-26(13-11-25)23(28)20-15-29-18-8-3-4-9-19(18)30-20/h3-9,20H,10-15H2,1-2H3,(H,24,27). The summed E-state index contributed by atoms with van der Waals surface area (Å²) in [7, 11) is 0. The van der Waals surface area contributed by atoms with Gasteiger partial charge in [-0.15, -0.1) is 0 Å². The highest BCUT2D eigenvalue weighted by Crippen LogP contribution is 2.31. The quantitative estimate of drug-likeness (QED) is 0.839. The monoisotopic (exact) mass is 409 g/mol. The molecule has 2 aliphatic heterocycles. The Morgan fingerprint density at radius 2 is 1.63 bits per heavy atom. The van der Waals surface area contributed by atoms with E-state index in [1.54, 1.807) is 4.90 Å². The molecule has 158 valence electrons. The molecule has 2 aromatic carbocycles. The number of hydrogen-bond donors (Lipinski definition) is 1. The zero-order valence-corrected chi connectivity index (χ0v) is 17.4. The van der Waals surface area contributed by atoms with E-state index in [1.807, 2.05) is 56.3 Å². The molecular formula is C23H27N3O4.